The standard InChI is InChI=1S/C23H27N3O3S/c1-4-17-10-8-9-13-24(17)19(27)14-25-22-20(15(2)16(3)30-22)21(28)26(23(25)29)18-11-6-5-7-12-18/h5-7,11-12,17H,4,8-10,13-14H2,1-3H3/t17-/m1/s1. The van der Waals surface area contributed by atoms with Crippen LogP contribution in [0.15, 0.2) is 39.9 Å². The smallest absolute Gasteiger partial charge is 0.337 e. The van der Waals surface area contributed by atoms with Crippen molar-refractivity contribution in [2.45, 2.75) is 59.0 Å². The quantitative estimate of drug-likeness (QED) is 0.641. The first kappa shape index (κ1) is 20.6. The molecule has 7 heteroatoms. The lowest BCUT2D eigenvalue weighted by Crippen LogP contribution is -2.47. The molecule has 0 saturated carbocycles. The van der Waals surface area contributed by atoms with Crippen LogP contribution in [-0.2, 0) is 11.3 Å². The summed E-state index contributed by atoms with van der Waals surface area (Å²) >= 11 is 1.41. The molecule has 0 radical (unpaired) electrons. The average Bonchev–Trinajstić information content (AvgIpc) is 3.06. The van der Waals surface area contributed by atoms with Crippen molar-refractivity contribution in [1.29, 1.82) is 0 Å². The van der Waals surface area contributed by atoms with Crippen LogP contribution in [0.1, 0.15) is 43.0 Å². The second kappa shape index (κ2) is 8.22. The fraction of sp³-hybridized carbons (Fsp3) is 0.435. The summed E-state index contributed by atoms with van der Waals surface area (Å²) in [6.07, 6.45) is 4.05. The zero-order valence-corrected chi connectivity index (χ0v) is 18.5. The number of aryl methyl sites for hydroxylation is 2. The number of carbonyl (C=O) groups is 1. The number of aromatic nitrogens is 2. The third-order valence-electron chi connectivity index (χ3n) is 6.18. The summed E-state index contributed by atoms with van der Waals surface area (Å²) in [5.74, 6) is -0.0492. The molecule has 0 N–H and O–H groups in total. The maximum absolute atomic E-state index is 13.5. The van der Waals surface area contributed by atoms with Crippen LogP contribution in [0.2, 0.25) is 0 Å². The lowest BCUT2D eigenvalue weighted by atomic mass is 10.00. The van der Waals surface area contributed by atoms with E-state index in [4.69, 9.17) is 0 Å². The first-order valence-corrected chi connectivity index (χ1v) is 11.4. The number of hydrogen-bond donors (Lipinski definition) is 0. The van der Waals surface area contributed by atoms with Gasteiger partial charge in [-0.15, -0.1) is 11.3 Å². The minimum absolute atomic E-state index is 0.0433. The van der Waals surface area contributed by atoms with Gasteiger partial charge in [0, 0.05) is 17.5 Å². The number of thiophene rings is 1. The second-order valence-electron chi connectivity index (χ2n) is 7.95. The lowest BCUT2D eigenvalue weighted by molar-refractivity contribution is -0.135. The Kier molecular flexibility index (Phi) is 5.64. The summed E-state index contributed by atoms with van der Waals surface area (Å²) in [5.41, 5.74) is 0.605. The van der Waals surface area contributed by atoms with E-state index in [1.54, 1.807) is 24.3 Å². The first-order chi connectivity index (χ1) is 14.4. The molecule has 3 heterocycles. The molecular weight excluding hydrogens is 398 g/mol. The number of benzene rings is 1. The molecule has 30 heavy (non-hydrogen) atoms. The third-order valence-corrected chi connectivity index (χ3v) is 7.41. The molecule has 1 fully saturated rings. The molecule has 1 saturated heterocycles. The number of piperidine rings is 1. The number of carbonyl (C=O) groups excluding carboxylic acids is 1. The molecule has 0 bridgehead atoms. The predicted octanol–water partition coefficient (Wildman–Crippen LogP) is 3.62. The van der Waals surface area contributed by atoms with Crippen LogP contribution in [0.4, 0.5) is 0 Å². The van der Waals surface area contributed by atoms with Gasteiger partial charge in [-0.1, -0.05) is 25.1 Å². The van der Waals surface area contributed by atoms with E-state index in [-0.39, 0.29) is 24.1 Å². The third kappa shape index (κ3) is 3.41. The van der Waals surface area contributed by atoms with Crippen molar-refractivity contribution >= 4 is 27.5 Å². The van der Waals surface area contributed by atoms with Crippen LogP contribution in [0.25, 0.3) is 15.9 Å². The largest absolute Gasteiger partial charge is 0.338 e. The molecule has 2 aromatic heterocycles. The topological polar surface area (TPSA) is 64.3 Å². The Labute approximate surface area is 179 Å². The van der Waals surface area contributed by atoms with Crippen LogP contribution in [0.3, 0.4) is 0 Å². The van der Waals surface area contributed by atoms with Crippen molar-refractivity contribution in [3.8, 4) is 5.69 Å². The van der Waals surface area contributed by atoms with E-state index in [0.717, 1.165) is 42.7 Å². The highest BCUT2D eigenvalue weighted by Crippen LogP contribution is 2.27. The van der Waals surface area contributed by atoms with E-state index in [9.17, 15) is 14.4 Å². The van der Waals surface area contributed by atoms with Crippen LogP contribution < -0.4 is 11.2 Å². The van der Waals surface area contributed by atoms with E-state index >= 15 is 0 Å². The van der Waals surface area contributed by atoms with Gasteiger partial charge in [0.1, 0.15) is 11.4 Å². The van der Waals surface area contributed by atoms with E-state index in [0.29, 0.717) is 15.9 Å². The minimum Gasteiger partial charge on any atom is -0.338 e. The Morgan fingerprint density at radius 3 is 2.57 bits per heavy atom. The molecule has 1 aliphatic heterocycles. The van der Waals surface area contributed by atoms with Crippen molar-refractivity contribution in [3.63, 3.8) is 0 Å². The van der Waals surface area contributed by atoms with Crippen molar-refractivity contribution in [1.82, 2.24) is 14.0 Å². The van der Waals surface area contributed by atoms with Crippen LogP contribution >= 0.6 is 11.3 Å². The Bertz CT molecular complexity index is 1210. The van der Waals surface area contributed by atoms with E-state index in [1.807, 2.05) is 24.8 Å². The maximum atomic E-state index is 13.5. The number of para-hydroxylation sites is 1. The van der Waals surface area contributed by atoms with Crippen molar-refractivity contribution in [2.75, 3.05) is 6.54 Å². The molecule has 6 nitrogen and oxygen atoms in total. The predicted molar refractivity (Wildman–Crippen MR) is 121 cm³/mol. The van der Waals surface area contributed by atoms with Crippen molar-refractivity contribution < 1.29 is 4.79 Å². The molecule has 0 unspecified atom stereocenters. The van der Waals surface area contributed by atoms with Gasteiger partial charge in [0.15, 0.2) is 0 Å². The molecular formula is C23H27N3O3S. The monoisotopic (exact) mass is 425 g/mol. The van der Waals surface area contributed by atoms with E-state index < -0.39 is 5.69 Å². The summed E-state index contributed by atoms with van der Waals surface area (Å²) in [7, 11) is 0. The Balaban J connectivity index is 1.89. The molecule has 158 valence electrons. The van der Waals surface area contributed by atoms with Gasteiger partial charge in [-0.3, -0.25) is 14.2 Å². The highest BCUT2D eigenvalue weighted by atomic mass is 32.1. The molecule has 1 aromatic carbocycles. The van der Waals surface area contributed by atoms with Crippen LogP contribution in [-0.4, -0.2) is 32.5 Å². The first-order valence-electron chi connectivity index (χ1n) is 10.5. The zero-order valence-electron chi connectivity index (χ0n) is 17.7. The molecule has 0 spiro atoms. The van der Waals surface area contributed by atoms with Gasteiger partial charge in [0.05, 0.1) is 11.1 Å². The summed E-state index contributed by atoms with van der Waals surface area (Å²) in [6.45, 7) is 6.64. The Hall–Kier alpha value is -2.67. The Morgan fingerprint density at radius 2 is 1.87 bits per heavy atom. The number of hydrogen-bond acceptors (Lipinski definition) is 4. The van der Waals surface area contributed by atoms with Gasteiger partial charge in [0.2, 0.25) is 5.91 Å². The summed E-state index contributed by atoms with van der Waals surface area (Å²) in [5, 5.41) is 0.527. The highest BCUT2D eigenvalue weighted by molar-refractivity contribution is 7.18. The number of amides is 1. The number of likely N-dealkylation sites (tertiary alicyclic amines) is 1. The van der Waals surface area contributed by atoms with E-state index in [1.165, 1.54) is 20.5 Å². The van der Waals surface area contributed by atoms with Gasteiger partial charge >= 0.3 is 5.69 Å². The molecule has 4 rings (SSSR count). The Morgan fingerprint density at radius 1 is 1.13 bits per heavy atom. The number of fused-ring (bicyclic) bond motifs is 1. The zero-order chi connectivity index (χ0) is 21.4. The summed E-state index contributed by atoms with van der Waals surface area (Å²) < 4.78 is 2.69. The average molecular weight is 426 g/mol. The van der Waals surface area contributed by atoms with Gasteiger partial charge < -0.3 is 4.90 Å². The molecule has 3 aromatic rings. The number of nitrogens with zero attached hydrogens (tertiary/aromatic N) is 3. The van der Waals surface area contributed by atoms with Crippen molar-refractivity contribution in [2.24, 2.45) is 0 Å². The van der Waals surface area contributed by atoms with Gasteiger partial charge in [-0.2, -0.15) is 0 Å². The molecule has 1 amide bonds. The fourth-order valence-electron chi connectivity index (χ4n) is 4.38. The lowest BCUT2D eigenvalue weighted by Gasteiger charge is -2.35. The van der Waals surface area contributed by atoms with Gasteiger partial charge in [0.25, 0.3) is 5.56 Å². The highest BCUT2D eigenvalue weighted by Gasteiger charge is 2.27. The van der Waals surface area contributed by atoms with Crippen LogP contribution in [0.5, 0.6) is 0 Å². The molecule has 1 aliphatic rings. The summed E-state index contributed by atoms with van der Waals surface area (Å²) in [4.78, 5) is 43.5. The SMILES string of the molecule is CC[C@@H]1CCCCN1C(=O)Cn1c(=O)n(-c2ccccc2)c(=O)c2c(C)c(C)sc21. The molecule has 0 aliphatic carbocycles. The second-order valence-corrected chi connectivity index (χ2v) is 9.16. The minimum atomic E-state index is -0.460. The summed E-state index contributed by atoms with van der Waals surface area (Å²) in [6, 6.07) is 9.15. The van der Waals surface area contributed by atoms with E-state index in [2.05, 4.69) is 6.92 Å². The van der Waals surface area contributed by atoms with Gasteiger partial charge in [-0.05, 0) is 57.2 Å². The van der Waals surface area contributed by atoms with Crippen molar-refractivity contribution in [3.05, 3.63) is 61.6 Å². The van der Waals surface area contributed by atoms with Gasteiger partial charge in [-0.25, -0.2) is 9.36 Å². The van der Waals surface area contributed by atoms with Crippen LogP contribution in [0, 0.1) is 13.8 Å². The fourth-order valence-corrected chi connectivity index (χ4v) is 5.52. The maximum Gasteiger partial charge on any atom is 0.337 e. The number of rotatable bonds is 4. The molecule has 1 atom stereocenters. The normalized spacial score (nSPS) is 16.9.